The number of rotatable bonds is 5. The van der Waals surface area contributed by atoms with E-state index in [1.54, 1.807) is 13.8 Å². The van der Waals surface area contributed by atoms with Gasteiger partial charge in [-0.1, -0.05) is 0 Å². The first-order valence-corrected chi connectivity index (χ1v) is 7.25. The molecule has 0 bridgehead atoms. The van der Waals surface area contributed by atoms with Crippen molar-refractivity contribution in [2.45, 2.75) is 33.2 Å². The Morgan fingerprint density at radius 1 is 1.43 bits per heavy atom. The topological polar surface area (TPSA) is 92.4 Å². The summed E-state index contributed by atoms with van der Waals surface area (Å²) in [6.45, 7) is 5.23. The molecule has 2 aromatic rings. The molecule has 0 radical (unpaired) electrons. The third-order valence-electron chi connectivity index (χ3n) is 2.81. The van der Waals surface area contributed by atoms with E-state index in [2.05, 4.69) is 10.3 Å². The summed E-state index contributed by atoms with van der Waals surface area (Å²) in [6.07, 6.45) is -0.117. The van der Waals surface area contributed by atoms with Crippen LogP contribution in [0.25, 0.3) is 10.8 Å². The molecular formula is C14H16N2O4S. The number of carboxylic acids is 1. The SMILES string of the molecule is Cc1ccc(-c2nc(C)c(C(=O)NC(C)CC(=O)O)s2)o1. The van der Waals surface area contributed by atoms with Crippen LogP contribution in [0.1, 0.15) is 34.5 Å². The molecule has 0 fully saturated rings. The molecule has 2 heterocycles. The molecule has 0 aliphatic carbocycles. The molecule has 0 spiro atoms. The van der Waals surface area contributed by atoms with Gasteiger partial charge in [0.2, 0.25) is 0 Å². The average molecular weight is 308 g/mol. The minimum absolute atomic E-state index is 0.117. The Hall–Kier alpha value is -2.15. The highest BCUT2D eigenvalue weighted by Crippen LogP contribution is 2.29. The van der Waals surface area contributed by atoms with Crippen molar-refractivity contribution in [3.05, 3.63) is 28.5 Å². The summed E-state index contributed by atoms with van der Waals surface area (Å²) in [4.78, 5) is 27.6. The van der Waals surface area contributed by atoms with Crippen molar-refractivity contribution in [1.29, 1.82) is 0 Å². The quantitative estimate of drug-likeness (QED) is 0.885. The van der Waals surface area contributed by atoms with Gasteiger partial charge in [-0.3, -0.25) is 9.59 Å². The average Bonchev–Trinajstić information content (AvgIpc) is 2.94. The van der Waals surface area contributed by atoms with Crippen LogP contribution in [-0.4, -0.2) is 28.0 Å². The molecular weight excluding hydrogens is 292 g/mol. The lowest BCUT2D eigenvalue weighted by molar-refractivity contribution is -0.137. The third kappa shape index (κ3) is 3.69. The number of carbonyl (C=O) groups is 2. The van der Waals surface area contributed by atoms with E-state index in [-0.39, 0.29) is 12.3 Å². The minimum atomic E-state index is -0.949. The van der Waals surface area contributed by atoms with Gasteiger partial charge >= 0.3 is 5.97 Å². The normalized spacial score (nSPS) is 12.1. The van der Waals surface area contributed by atoms with E-state index in [9.17, 15) is 9.59 Å². The lowest BCUT2D eigenvalue weighted by Gasteiger charge is -2.10. The highest BCUT2D eigenvalue weighted by atomic mass is 32.1. The number of furan rings is 1. The number of thiazole rings is 1. The molecule has 112 valence electrons. The van der Waals surface area contributed by atoms with Crippen molar-refractivity contribution < 1.29 is 19.1 Å². The Balaban J connectivity index is 2.15. The van der Waals surface area contributed by atoms with Crippen LogP contribution >= 0.6 is 11.3 Å². The highest BCUT2D eigenvalue weighted by molar-refractivity contribution is 7.17. The predicted molar refractivity (Wildman–Crippen MR) is 78.5 cm³/mol. The van der Waals surface area contributed by atoms with E-state index >= 15 is 0 Å². The second kappa shape index (κ2) is 6.09. The van der Waals surface area contributed by atoms with Crippen LogP contribution in [0.5, 0.6) is 0 Å². The van der Waals surface area contributed by atoms with Crippen LogP contribution < -0.4 is 5.32 Å². The fourth-order valence-electron chi connectivity index (χ4n) is 1.86. The van der Waals surface area contributed by atoms with Crippen molar-refractivity contribution in [3.63, 3.8) is 0 Å². The van der Waals surface area contributed by atoms with E-state index in [1.807, 2.05) is 19.1 Å². The number of amides is 1. The van der Waals surface area contributed by atoms with Gasteiger partial charge < -0.3 is 14.8 Å². The molecule has 0 aliphatic heterocycles. The summed E-state index contributed by atoms with van der Waals surface area (Å²) in [5.41, 5.74) is 0.601. The number of aromatic nitrogens is 1. The number of hydrogen-bond donors (Lipinski definition) is 2. The smallest absolute Gasteiger partial charge is 0.305 e. The van der Waals surface area contributed by atoms with Crippen LogP contribution in [0, 0.1) is 13.8 Å². The Morgan fingerprint density at radius 2 is 2.14 bits per heavy atom. The minimum Gasteiger partial charge on any atom is -0.481 e. The van der Waals surface area contributed by atoms with Crippen LogP contribution in [-0.2, 0) is 4.79 Å². The van der Waals surface area contributed by atoms with Crippen LogP contribution in [0.4, 0.5) is 0 Å². The zero-order valence-electron chi connectivity index (χ0n) is 12.0. The fourth-order valence-corrected chi connectivity index (χ4v) is 2.80. The maximum Gasteiger partial charge on any atom is 0.305 e. The lowest BCUT2D eigenvalue weighted by Crippen LogP contribution is -2.34. The Morgan fingerprint density at radius 3 is 2.71 bits per heavy atom. The van der Waals surface area contributed by atoms with E-state index in [4.69, 9.17) is 9.52 Å². The summed E-state index contributed by atoms with van der Waals surface area (Å²) in [5.74, 6) is 0.140. The number of hydrogen-bond acceptors (Lipinski definition) is 5. The molecule has 7 heteroatoms. The largest absolute Gasteiger partial charge is 0.481 e. The first-order valence-electron chi connectivity index (χ1n) is 6.43. The number of aliphatic carboxylic acids is 1. The second-order valence-corrected chi connectivity index (χ2v) is 5.82. The Kier molecular flexibility index (Phi) is 4.42. The number of nitrogens with zero attached hydrogens (tertiary/aromatic N) is 1. The Bertz CT molecular complexity index is 674. The van der Waals surface area contributed by atoms with Crippen molar-refractivity contribution in [3.8, 4) is 10.8 Å². The maximum atomic E-state index is 12.1. The number of aryl methyl sites for hydroxylation is 2. The Labute approximate surface area is 125 Å². The monoisotopic (exact) mass is 308 g/mol. The fraction of sp³-hybridized carbons (Fsp3) is 0.357. The molecule has 1 atom stereocenters. The summed E-state index contributed by atoms with van der Waals surface area (Å²) in [5, 5.41) is 12.0. The van der Waals surface area contributed by atoms with Crippen LogP contribution in [0.2, 0.25) is 0 Å². The molecule has 2 rings (SSSR count). The van der Waals surface area contributed by atoms with Crippen LogP contribution in [0.3, 0.4) is 0 Å². The van der Waals surface area contributed by atoms with Crippen molar-refractivity contribution in [2.24, 2.45) is 0 Å². The number of carboxylic acid groups (broad SMARTS) is 1. The molecule has 6 nitrogen and oxygen atoms in total. The van der Waals surface area contributed by atoms with Crippen molar-refractivity contribution >= 4 is 23.2 Å². The predicted octanol–water partition coefficient (Wildman–Crippen LogP) is 2.61. The van der Waals surface area contributed by atoms with Gasteiger partial charge in [-0.25, -0.2) is 4.98 Å². The zero-order chi connectivity index (χ0) is 15.6. The summed E-state index contributed by atoms with van der Waals surface area (Å²) in [6, 6.07) is 3.20. The molecule has 21 heavy (non-hydrogen) atoms. The van der Waals surface area contributed by atoms with E-state index in [1.165, 1.54) is 11.3 Å². The third-order valence-corrected chi connectivity index (χ3v) is 3.98. The summed E-state index contributed by atoms with van der Waals surface area (Å²) < 4.78 is 5.49. The maximum absolute atomic E-state index is 12.1. The highest BCUT2D eigenvalue weighted by Gasteiger charge is 2.19. The summed E-state index contributed by atoms with van der Waals surface area (Å²) >= 11 is 1.23. The van der Waals surface area contributed by atoms with E-state index in [0.29, 0.717) is 21.3 Å². The first kappa shape index (κ1) is 15.2. The van der Waals surface area contributed by atoms with Gasteiger partial charge in [-0.2, -0.15) is 0 Å². The molecule has 0 aliphatic rings. The number of carbonyl (C=O) groups excluding carboxylic acids is 1. The summed E-state index contributed by atoms with van der Waals surface area (Å²) in [7, 11) is 0. The molecule has 0 aromatic carbocycles. The molecule has 2 aromatic heterocycles. The van der Waals surface area contributed by atoms with Crippen LogP contribution in [0.15, 0.2) is 16.5 Å². The molecule has 0 saturated heterocycles. The molecule has 2 N–H and O–H groups in total. The van der Waals surface area contributed by atoms with Gasteiger partial charge in [0.1, 0.15) is 10.6 Å². The molecule has 0 saturated carbocycles. The second-order valence-electron chi connectivity index (χ2n) is 4.82. The standard InChI is InChI=1S/C14H16N2O4S/c1-7(6-11(17)18)15-13(19)12-9(3)16-14(21-12)10-5-4-8(2)20-10/h4-5,7H,6H2,1-3H3,(H,15,19)(H,17,18). The van der Waals surface area contributed by atoms with Gasteiger partial charge in [-0.05, 0) is 32.9 Å². The molecule has 1 amide bonds. The zero-order valence-corrected chi connectivity index (χ0v) is 12.8. The van der Waals surface area contributed by atoms with Gasteiger partial charge in [0, 0.05) is 6.04 Å². The lowest BCUT2D eigenvalue weighted by atomic mass is 10.2. The van der Waals surface area contributed by atoms with Gasteiger partial charge in [0.15, 0.2) is 10.8 Å². The van der Waals surface area contributed by atoms with Crippen molar-refractivity contribution in [2.75, 3.05) is 0 Å². The van der Waals surface area contributed by atoms with Gasteiger partial charge in [0.05, 0.1) is 12.1 Å². The van der Waals surface area contributed by atoms with E-state index in [0.717, 1.165) is 5.76 Å². The van der Waals surface area contributed by atoms with Crippen molar-refractivity contribution in [1.82, 2.24) is 10.3 Å². The first-order chi connectivity index (χ1) is 9.86. The van der Waals surface area contributed by atoms with Gasteiger partial charge in [0.25, 0.3) is 5.91 Å². The van der Waals surface area contributed by atoms with Gasteiger partial charge in [-0.15, -0.1) is 11.3 Å². The van der Waals surface area contributed by atoms with E-state index < -0.39 is 12.0 Å². The molecule has 1 unspecified atom stereocenters. The number of nitrogens with one attached hydrogen (secondary N) is 1.